The summed E-state index contributed by atoms with van der Waals surface area (Å²) in [4.78, 5) is 13.0. The second-order valence-electron chi connectivity index (χ2n) is 2.91. The van der Waals surface area contributed by atoms with Crippen molar-refractivity contribution in [3.63, 3.8) is 0 Å². The molecule has 62 valence electrons. The fraction of sp³-hybridized carbons (Fsp3) is 0.625. The summed E-state index contributed by atoms with van der Waals surface area (Å²) in [6.07, 6.45) is 0.739. The smallest absolute Gasteiger partial charge is 0.323 e. The van der Waals surface area contributed by atoms with Crippen LogP contribution in [0.4, 0.5) is 0 Å². The van der Waals surface area contributed by atoms with E-state index in [0.717, 1.165) is 18.5 Å². The van der Waals surface area contributed by atoms with Gasteiger partial charge in [-0.15, -0.1) is 0 Å². The third kappa shape index (κ3) is 1.60. The Morgan fingerprint density at radius 1 is 1.82 bits per heavy atom. The van der Waals surface area contributed by atoms with E-state index in [9.17, 15) is 4.79 Å². The molecule has 0 aromatic rings. The van der Waals surface area contributed by atoms with Crippen LogP contribution in [0.3, 0.4) is 0 Å². The van der Waals surface area contributed by atoms with Crippen LogP contribution in [0.1, 0.15) is 6.42 Å². The zero-order valence-electron chi connectivity index (χ0n) is 6.96. The lowest BCUT2D eigenvalue weighted by Crippen LogP contribution is -2.33. The van der Waals surface area contributed by atoms with E-state index in [2.05, 4.69) is 11.3 Å². The van der Waals surface area contributed by atoms with Gasteiger partial charge < -0.3 is 4.74 Å². The summed E-state index contributed by atoms with van der Waals surface area (Å²) < 4.78 is 4.63. The zero-order chi connectivity index (χ0) is 8.43. The molecule has 1 heterocycles. The molecule has 3 nitrogen and oxygen atoms in total. The molecule has 0 aliphatic carbocycles. The van der Waals surface area contributed by atoms with Crippen molar-refractivity contribution >= 4 is 5.97 Å². The molecule has 11 heavy (non-hydrogen) atoms. The summed E-state index contributed by atoms with van der Waals surface area (Å²) in [7, 11) is 3.32. The average Bonchev–Trinajstić information content (AvgIpc) is 2.28. The highest BCUT2D eigenvalue weighted by Crippen LogP contribution is 2.19. The first-order valence-corrected chi connectivity index (χ1v) is 3.60. The first-order valence-electron chi connectivity index (χ1n) is 3.60. The topological polar surface area (TPSA) is 29.5 Å². The monoisotopic (exact) mass is 155 g/mol. The van der Waals surface area contributed by atoms with Crippen molar-refractivity contribution in [3.05, 3.63) is 12.2 Å². The van der Waals surface area contributed by atoms with Crippen molar-refractivity contribution in [2.75, 3.05) is 20.7 Å². The first kappa shape index (κ1) is 8.27. The molecule has 0 aromatic carbocycles. The van der Waals surface area contributed by atoms with Crippen LogP contribution < -0.4 is 0 Å². The summed E-state index contributed by atoms with van der Waals surface area (Å²) in [5, 5.41) is 0. The number of ether oxygens (including phenoxy) is 1. The van der Waals surface area contributed by atoms with Crippen molar-refractivity contribution in [2.45, 2.75) is 12.5 Å². The van der Waals surface area contributed by atoms with E-state index in [4.69, 9.17) is 0 Å². The lowest BCUT2D eigenvalue weighted by molar-refractivity contribution is -0.145. The SMILES string of the molecule is C=C1C[C@@H](C(=O)OC)N(C)C1. The third-order valence-electron chi connectivity index (χ3n) is 1.96. The minimum atomic E-state index is -0.161. The molecule has 0 N–H and O–H groups in total. The van der Waals surface area contributed by atoms with E-state index in [-0.39, 0.29) is 12.0 Å². The molecule has 0 radical (unpaired) electrons. The molecule has 1 aliphatic rings. The van der Waals surface area contributed by atoms with Gasteiger partial charge in [0.25, 0.3) is 0 Å². The van der Waals surface area contributed by atoms with E-state index >= 15 is 0 Å². The van der Waals surface area contributed by atoms with Gasteiger partial charge in [-0.1, -0.05) is 12.2 Å². The minimum Gasteiger partial charge on any atom is -0.468 e. The van der Waals surface area contributed by atoms with Gasteiger partial charge in [0.05, 0.1) is 7.11 Å². The lowest BCUT2D eigenvalue weighted by Gasteiger charge is -2.15. The number of methoxy groups -OCH3 is 1. The first-order chi connectivity index (χ1) is 5.15. The Morgan fingerprint density at radius 2 is 2.45 bits per heavy atom. The van der Waals surface area contributed by atoms with Gasteiger partial charge in [0.2, 0.25) is 0 Å². The molecule has 3 heteroatoms. The molecule has 1 aliphatic heterocycles. The quantitative estimate of drug-likeness (QED) is 0.406. The minimum absolute atomic E-state index is 0.104. The number of hydrogen-bond donors (Lipinski definition) is 0. The van der Waals surface area contributed by atoms with E-state index in [1.165, 1.54) is 7.11 Å². The maximum absolute atomic E-state index is 11.1. The predicted molar refractivity (Wildman–Crippen MR) is 42.2 cm³/mol. The number of rotatable bonds is 1. The second kappa shape index (κ2) is 3.05. The Labute approximate surface area is 66.6 Å². The van der Waals surface area contributed by atoms with Crippen molar-refractivity contribution in [1.29, 1.82) is 0 Å². The predicted octanol–water partition coefficient (Wildman–Crippen LogP) is 0.420. The highest BCUT2D eigenvalue weighted by Gasteiger charge is 2.30. The molecule has 0 spiro atoms. The molecule has 1 fully saturated rings. The third-order valence-corrected chi connectivity index (χ3v) is 1.96. The van der Waals surface area contributed by atoms with Crippen molar-refractivity contribution in [2.24, 2.45) is 0 Å². The summed E-state index contributed by atoms with van der Waals surface area (Å²) in [5.74, 6) is -0.161. The van der Waals surface area contributed by atoms with Gasteiger partial charge in [0, 0.05) is 6.54 Å². The van der Waals surface area contributed by atoms with E-state index < -0.39 is 0 Å². The van der Waals surface area contributed by atoms with Crippen LogP contribution >= 0.6 is 0 Å². The van der Waals surface area contributed by atoms with Gasteiger partial charge in [-0.2, -0.15) is 0 Å². The second-order valence-corrected chi connectivity index (χ2v) is 2.91. The Balaban J connectivity index is 2.59. The summed E-state index contributed by atoms with van der Waals surface area (Å²) in [6.45, 7) is 4.63. The van der Waals surface area contributed by atoms with Gasteiger partial charge in [-0.05, 0) is 13.5 Å². The molecule has 1 saturated heterocycles. The molecule has 1 atom stereocenters. The average molecular weight is 155 g/mol. The molecule has 0 saturated carbocycles. The molecular weight excluding hydrogens is 142 g/mol. The van der Waals surface area contributed by atoms with Crippen molar-refractivity contribution < 1.29 is 9.53 Å². The fourth-order valence-corrected chi connectivity index (χ4v) is 1.36. The number of hydrogen-bond acceptors (Lipinski definition) is 3. The number of likely N-dealkylation sites (tertiary alicyclic amines) is 1. The Morgan fingerprint density at radius 3 is 2.82 bits per heavy atom. The maximum atomic E-state index is 11.1. The standard InChI is InChI=1S/C8H13NO2/c1-6-4-7(8(10)11-3)9(2)5-6/h7H,1,4-5H2,2-3H3/t7-/m0/s1. The van der Waals surface area contributed by atoms with Gasteiger partial charge in [0.15, 0.2) is 0 Å². The van der Waals surface area contributed by atoms with Crippen LogP contribution in [0.15, 0.2) is 12.2 Å². The normalized spacial score (nSPS) is 25.6. The number of nitrogens with zero attached hydrogens (tertiary/aromatic N) is 1. The molecule has 0 bridgehead atoms. The van der Waals surface area contributed by atoms with Crippen LogP contribution in [0, 0.1) is 0 Å². The van der Waals surface area contributed by atoms with Crippen LogP contribution in [-0.4, -0.2) is 37.6 Å². The number of carbonyl (C=O) groups excluding carboxylic acids is 1. The largest absolute Gasteiger partial charge is 0.468 e. The fourth-order valence-electron chi connectivity index (χ4n) is 1.36. The van der Waals surface area contributed by atoms with Gasteiger partial charge >= 0.3 is 5.97 Å². The zero-order valence-corrected chi connectivity index (χ0v) is 6.96. The molecule has 1 rings (SSSR count). The maximum Gasteiger partial charge on any atom is 0.323 e. The highest BCUT2D eigenvalue weighted by atomic mass is 16.5. The Hall–Kier alpha value is -0.830. The number of esters is 1. The van der Waals surface area contributed by atoms with Gasteiger partial charge in [-0.25, -0.2) is 0 Å². The highest BCUT2D eigenvalue weighted by molar-refractivity contribution is 5.76. The van der Waals surface area contributed by atoms with Crippen LogP contribution in [0.2, 0.25) is 0 Å². The molecule has 0 unspecified atom stereocenters. The van der Waals surface area contributed by atoms with Crippen molar-refractivity contribution in [1.82, 2.24) is 4.90 Å². The number of carbonyl (C=O) groups is 1. The van der Waals surface area contributed by atoms with E-state index in [1.807, 2.05) is 11.9 Å². The van der Waals surface area contributed by atoms with Crippen LogP contribution in [0.25, 0.3) is 0 Å². The lowest BCUT2D eigenvalue weighted by atomic mass is 10.2. The van der Waals surface area contributed by atoms with Crippen molar-refractivity contribution in [3.8, 4) is 0 Å². The molecule has 0 aromatic heterocycles. The Kier molecular flexibility index (Phi) is 2.29. The van der Waals surface area contributed by atoms with Gasteiger partial charge in [0.1, 0.15) is 6.04 Å². The Bertz CT molecular complexity index is 189. The van der Waals surface area contributed by atoms with Crippen LogP contribution in [-0.2, 0) is 9.53 Å². The summed E-state index contributed by atoms with van der Waals surface area (Å²) in [6, 6.07) is -0.104. The molecule has 0 amide bonds. The summed E-state index contributed by atoms with van der Waals surface area (Å²) >= 11 is 0. The number of likely N-dealkylation sites (N-methyl/N-ethyl adjacent to an activating group) is 1. The summed E-state index contributed by atoms with van der Waals surface area (Å²) in [5.41, 5.74) is 1.10. The van der Waals surface area contributed by atoms with E-state index in [1.54, 1.807) is 0 Å². The molecular formula is C8H13NO2. The van der Waals surface area contributed by atoms with Crippen LogP contribution in [0.5, 0.6) is 0 Å². The van der Waals surface area contributed by atoms with E-state index in [0.29, 0.717) is 0 Å². The van der Waals surface area contributed by atoms with Gasteiger partial charge in [-0.3, -0.25) is 9.69 Å².